The number of Topliss-reactive ketones (excluding diaryl/α,β-unsaturated/α-hetero) is 2. The number of hydrogen-bond donors (Lipinski definition) is 1. The van der Waals surface area contributed by atoms with Gasteiger partial charge in [-0.2, -0.15) is 0 Å². The first-order chi connectivity index (χ1) is 18.0. The van der Waals surface area contributed by atoms with E-state index in [1.165, 1.54) is 16.5 Å². The molecule has 8 nitrogen and oxygen atoms in total. The molecule has 0 atom stereocenters. The van der Waals surface area contributed by atoms with Crippen molar-refractivity contribution in [3.05, 3.63) is 112 Å². The second-order valence-corrected chi connectivity index (χ2v) is 8.62. The number of carbonyl (C=O) groups is 2. The number of aliphatic imine (C=N–C) groups is 1. The van der Waals surface area contributed by atoms with Crippen LogP contribution in [0.25, 0.3) is 11.4 Å². The molecule has 0 unspecified atom stereocenters. The molecule has 2 aromatic carbocycles. The molecule has 1 aliphatic heterocycles. The van der Waals surface area contributed by atoms with Crippen LogP contribution in [0.4, 0.5) is 11.5 Å². The summed E-state index contributed by atoms with van der Waals surface area (Å²) in [6.45, 7) is 1.45. The van der Waals surface area contributed by atoms with Gasteiger partial charge in [0.05, 0.1) is 5.57 Å². The van der Waals surface area contributed by atoms with Crippen LogP contribution in [0, 0.1) is 0 Å². The summed E-state index contributed by atoms with van der Waals surface area (Å²) in [5.74, 6) is -1.73. The lowest BCUT2D eigenvalue weighted by molar-refractivity contribution is -0.111. The molecule has 0 aliphatic carbocycles. The second kappa shape index (κ2) is 10.4. The molecule has 0 saturated carbocycles. The van der Waals surface area contributed by atoms with Gasteiger partial charge in [-0.15, -0.1) is 0 Å². The van der Waals surface area contributed by atoms with E-state index in [9.17, 15) is 19.5 Å². The molecule has 4 aromatic rings. The normalized spacial score (nSPS) is 14.2. The lowest BCUT2D eigenvalue weighted by atomic mass is 9.99. The molecule has 3 heterocycles. The van der Waals surface area contributed by atoms with Crippen molar-refractivity contribution in [2.24, 2.45) is 4.99 Å². The third-order valence-electron chi connectivity index (χ3n) is 6.21. The minimum atomic E-state index is -0.937. The summed E-state index contributed by atoms with van der Waals surface area (Å²) in [6, 6.07) is 21.8. The number of aromatic nitrogens is 2. The van der Waals surface area contributed by atoms with Crippen LogP contribution in [-0.4, -0.2) is 45.4 Å². The van der Waals surface area contributed by atoms with Gasteiger partial charge in [0.15, 0.2) is 11.5 Å². The van der Waals surface area contributed by atoms with E-state index >= 15 is 0 Å². The zero-order valence-corrected chi connectivity index (χ0v) is 19.9. The minimum Gasteiger partial charge on any atom is -0.506 e. The van der Waals surface area contributed by atoms with E-state index in [-0.39, 0.29) is 16.8 Å². The molecule has 1 fully saturated rings. The van der Waals surface area contributed by atoms with E-state index < -0.39 is 22.9 Å². The minimum absolute atomic E-state index is 0.0314. The number of hydrogen-bond acceptors (Lipinski definition) is 7. The van der Waals surface area contributed by atoms with Crippen LogP contribution in [0.2, 0.25) is 0 Å². The van der Waals surface area contributed by atoms with Crippen molar-refractivity contribution >= 4 is 40.7 Å². The Morgan fingerprint density at radius 2 is 1.49 bits per heavy atom. The van der Waals surface area contributed by atoms with Gasteiger partial charge in [0.25, 0.3) is 5.56 Å². The molecule has 0 radical (unpaired) electrons. The summed E-state index contributed by atoms with van der Waals surface area (Å²) in [7, 11) is 0. The maximum Gasteiger partial charge on any atom is 0.285 e. The molecule has 0 bridgehead atoms. The third kappa shape index (κ3) is 4.81. The van der Waals surface area contributed by atoms with Gasteiger partial charge in [-0.3, -0.25) is 18.8 Å². The largest absolute Gasteiger partial charge is 0.506 e. The number of anilines is 1. The van der Waals surface area contributed by atoms with Crippen molar-refractivity contribution in [1.82, 2.24) is 9.38 Å². The molecule has 1 N–H and O–H groups in total. The van der Waals surface area contributed by atoms with Crippen LogP contribution in [-0.2, 0) is 4.79 Å². The Balaban J connectivity index is 1.65. The Morgan fingerprint density at radius 1 is 0.865 bits per heavy atom. The maximum absolute atomic E-state index is 13.4. The van der Waals surface area contributed by atoms with Crippen LogP contribution in [0.1, 0.15) is 28.8 Å². The number of fused-ring (bicyclic) bond motifs is 1. The van der Waals surface area contributed by atoms with E-state index in [1.807, 2.05) is 4.90 Å². The van der Waals surface area contributed by atoms with Gasteiger partial charge in [-0.1, -0.05) is 66.7 Å². The highest BCUT2D eigenvalue weighted by Crippen LogP contribution is 2.27. The Kier molecular flexibility index (Phi) is 6.72. The zero-order valence-electron chi connectivity index (χ0n) is 19.9. The fraction of sp³-hybridized carbons (Fsp3) is 0.138. The van der Waals surface area contributed by atoms with Crippen LogP contribution >= 0.6 is 0 Å². The number of rotatable bonds is 7. The van der Waals surface area contributed by atoms with Crippen LogP contribution in [0.3, 0.4) is 0 Å². The predicted molar refractivity (Wildman–Crippen MR) is 143 cm³/mol. The summed E-state index contributed by atoms with van der Waals surface area (Å²) in [5.41, 5.74) is 0.306. The van der Waals surface area contributed by atoms with Gasteiger partial charge >= 0.3 is 0 Å². The van der Waals surface area contributed by atoms with E-state index in [1.54, 1.807) is 72.9 Å². The molecule has 184 valence electrons. The maximum atomic E-state index is 13.4. The Labute approximate surface area is 212 Å². The highest BCUT2D eigenvalue weighted by molar-refractivity contribution is 6.54. The first-order valence-corrected chi connectivity index (χ1v) is 12.0. The van der Waals surface area contributed by atoms with Crippen LogP contribution < -0.4 is 10.5 Å². The average molecular weight is 493 g/mol. The molecular weight excluding hydrogens is 468 g/mol. The van der Waals surface area contributed by atoms with Gasteiger partial charge in [0.2, 0.25) is 11.6 Å². The summed E-state index contributed by atoms with van der Waals surface area (Å²) in [4.78, 5) is 50.8. The Hall–Kier alpha value is -4.85. The molecule has 8 heteroatoms. The lowest BCUT2D eigenvalue weighted by Crippen LogP contribution is -2.25. The number of allylic oxidation sites excluding steroid dienone is 1. The molecule has 0 amide bonds. The van der Waals surface area contributed by atoms with Crippen molar-refractivity contribution in [2.45, 2.75) is 12.8 Å². The molecule has 1 saturated heterocycles. The number of benzene rings is 2. The number of aliphatic hydroxyl groups excluding tert-OH is 1. The predicted octanol–water partition coefficient (Wildman–Crippen LogP) is 4.42. The first kappa shape index (κ1) is 23.9. The molecule has 2 aromatic heterocycles. The topological polar surface area (TPSA) is 104 Å². The standard InChI is InChI=1S/C29H24N4O4/c34-25(20-11-3-1-4-12-20)22(27(36)26(35)21-13-5-2-6-14-21)19-30-24-28(32-16-9-10-17-32)31-23-15-7-8-18-33(23)29(24)37/h1-8,11-15,18-19,34H,9-10,16-17H2/b25-22+,30-19?. The lowest BCUT2D eigenvalue weighted by Gasteiger charge is -2.18. The Bertz CT molecular complexity index is 1590. The van der Waals surface area contributed by atoms with Gasteiger partial charge < -0.3 is 10.0 Å². The monoisotopic (exact) mass is 492 g/mol. The van der Waals surface area contributed by atoms with Gasteiger partial charge in [-0.25, -0.2) is 9.98 Å². The number of ketones is 2. The van der Waals surface area contributed by atoms with E-state index in [0.717, 1.165) is 32.1 Å². The van der Waals surface area contributed by atoms with Crippen molar-refractivity contribution in [3.63, 3.8) is 0 Å². The quantitative estimate of drug-likeness (QED) is 0.135. The van der Waals surface area contributed by atoms with Gasteiger partial charge in [0, 0.05) is 36.6 Å². The van der Waals surface area contributed by atoms with Crippen molar-refractivity contribution < 1.29 is 14.7 Å². The number of nitrogens with zero attached hydrogens (tertiary/aromatic N) is 4. The average Bonchev–Trinajstić information content (AvgIpc) is 3.49. The van der Waals surface area contributed by atoms with Crippen LogP contribution in [0.5, 0.6) is 0 Å². The highest BCUT2D eigenvalue weighted by Gasteiger charge is 2.25. The molecule has 5 rings (SSSR count). The van der Waals surface area contributed by atoms with E-state index in [0.29, 0.717) is 17.0 Å². The van der Waals surface area contributed by atoms with Crippen molar-refractivity contribution in [3.8, 4) is 0 Å². The van der Waals surface area contributed by atoms with Crippen LogP contribution in [0.15, 0.2) is 100 Å². The number of carbonyl (C=O) groups excluding carboxylic acids is 2. The van der Waals surface area contributed by atoms with Gasteiger partial charge in [0.1, 0.15) is 11.4 Å². The number of aliphatic hydroxyl groups is 1. The smallest absolute Gasteiger partial charge is 0.285 e. The summed E-state index contributed by atoms with van der Waals surface area (Å²) < 4.78 is 1.38. The SMILES string of the molecule is O=C(C(=O)c1ccccc1)/C(C=Nc1c(N2CCCC2)nc2ccccn2c1=O)=C(/O)c1ccccc1. The van der Waals surface area contributed by atoms with Gasteiger partial charge in [-0.05, 0) is 25.0 Å². The number of pyridine rings is 1. The molecule has 1 aliphatic rings. The third-order valence-corrected chi connectivity index (χ3v) is 6.21. The van der Waals surface area contributed by atoms with E-state index in [2.05, 4.69) is 9.98 Å². The molecular formula is C29H24N4O4. The fourth-order valence-electron chi connectivity index (χ4n) is 4.28. The highest BCUT2D eigenvalue weighted by atomic mass is 16.3. The zero-order chi connectivity index (χ0) is 25.8. The van der Waals surface area contributed by atoms with Crippen molar-refractivity contribution in [2.75, 3.05) is 18.0 Å². The molecule has 0 spiro atoms. The van der Waals surface area contributed by atoms with E-state index in [4.69, 9.17) is 0 Å². The summed E-state index contributed by atoms with van der Waals surface area (Å²) >= 11 is 0. The summed E-state index contributed by atoms with van der Waals surface area (Å²) in [6.07, 6.45) is 4.62. The fourth-order valence-corrected chi connectivity index (χ4v) is 4.28. The first-order valence-electron chi connectivity index (χ1n) is 12.0. The Morgan fingerprint density at radius 3 is 2.16 bits per heavy atom. The second-order valence-electron chi connectivity index (χ2n) is 8.62. The van der Waals surface area contributed by atoms with Crippen molar-refractivity contribution in [1.29, 1.82) is 0 Å². The summed E-state index contributed by atoms with van der Waals surface area (Å²) in [5, 5.41) is 11.1. The molecule has 37 heavy (non-hydrogen) atoms.